The van der Waals surface area contributed by atoms with E-state index in [9.17, 15) is 15.0 Å². The summed E-state index contributed by atoms with van der Waals surface area (Å²) < 4.78 is 5.72. The van der Waals surface area contributed by atoms with Gasteiger partial charge < -0.3 is 20.3 Å². The molecule has 9 nitrogen and oxygen atoms in total. The molecule has 3 fully saturated rings. The van der Waals surface area contributed by atoms with Gasteiger partial charge in [0.15, 0.2) is 0 Å². The van der Waals surface area contributed by atoms with Crippen LogP contribution in [-0.2, 0) is 9.53 Å². The summed E-state index contributed by atoms with van der Waals surface area (Å²) in [6.07, 6.45) is -1.67. The molecule has 6 N–H and O–H groups in total. The van der Waals surface area contributed by atoms with Crippen molar-refractivity contribution < 1.29 is 19.7 Å². The van der Waals surface area contributed by atoms with Gasteiger partial charge >= 0.3 is 0 Å². The maximum atomic E-state index is 12.3. The first kappa shape index (κ1) is 17.0. The van der Waals surface area contributed by atoms with E-state index in [1.165, 1.54) is 0 Å². The normalized spacial score (nSPS) is 41.3. The minimum Gasteiger partial charge on any atom is -0.394 e. The molecule has 132 valence electrons. The van der Waals surface area contributed by atoms with E-state index in [0.717, 1.165) is 6.54 Å². The molecule has 3 saturated heterocycles. The number of amides is 1. The molecule has 0 aromatic rings. The molecule has 3 rings (SSSR count). The minimum atomic E-state index is -0.684. The van der Waals surface area contributed by atoms with Crippen LogP contribution >= 0.6 is 0 Å². The smallest absolute Gasteiger partial charge is 0.242 e. The van der Waals surface area contributed by atoms with Crippen LogP contribution in [0.4, 0.5) is 0 Å². The monoisotopic (exact) mass is 329 g/mol. The Morgan fingerprint density at radius 2 is 2.26 bits per heavy atom. The lowest BCUT2D eigenvalue weighted by Crippen LogP contribution is -2.71. The van der Waals surface area contributed by atoms with Gasteiger partial charge in [-0.2, -0.15) is 0 Å². The number of carbonyl (C=O) groups excluding carboxylic acids is 1. The summed E-state index contributed by atoms with van der Waals surface area (Å²) in [5.74, 6) is 0.414. The summed E-state index contributed by atoms with van der Waals surface area (Å²) in [4.78, 5) is 14.3. The lowest BCUT2D eigenvalue weighted by atomic mass is 10.1. The van der Waals surface area contributed by atoms with Crippen molar-refractivity contribution in [3.05, 3.63) is 0 Å². The van der Waals surface area contributed by atoms with Gasteiger partial charge in [-0.1, -0.05) is 13.8 Å². The number of nitrogens with one attached hydrogen (secondary N) is 4. The number of rotatable bonds is 5. The zero-order valence-corrected chi connectivity index (χ0v) is 13.5. The molecule has 0 radical (unpaired) electrons. The Hall–Kier alpha value is -0.810. The van der Waals surface area contributed by atoms with Crippen LogP contribution in [0.5, 0.6) is 0 Å². The Balaban J connectivity index is 1.64. The highest BCUT2D eigenvalue weighted by Gasteiger charge is 2.49. The minimum absolute atomic E-state index is 0.0604. The SMILES string of the molecule is CC(C)CNC1NC(=O)C2NCN([C@H]3C[C@H](O)[C@@H](CO)O3)C2N1. The zero-order chi connectivity index (χ0) is 16.6. The third-order valence-corrected chi connectivity index (χ3v) is 4.56. The first-order valence-corrected chi connectivity index (χ1v) is 8.23. The maximum Gasteiger partial charge on any atom is 0.242 e. The molecule has 0 spiro atoms. The molecule has 0 aromatic carbocycles. The molecule has 6 atom stereocenters. The standard InChI is InChI=1S/C14H27N5O4/c1-7(2)4-15-14-17-12-11(13(22)18-14)16-6-19(12)10-3-8(21)9(5-20)23-10/h7-12,14-17,20-21H,3-6H2,1-2H3,(H,18,22)/t8-,9+,10+,11?,12?,14?/m0/s1. The van der Waals surface area contributed by atoms with E-state index in [2.05, 4.69) is 35.1 Å². The highest BCUT2D eigenvalue weighted by Crippen LogP contribution is 2.27. The number of aliphatic hydroxyl groups excluding tert-OH is 2. The zero-order valence-electron chi connectivity index (χ0n) is 13.5. The number of hydrogen-bond donors (Lipinski definition) is 6. The molecule has 3 unspecified atom stereocenters. The third-order valence-electron chi connectivity index (χ3n) is 4.56. The fourth-order valence-electron chi connectivity index (χ4n) is 3.31. The number of carbonyl (C=O) groups is 1. The van der Waals surface area contributed by atoms with Crippen molar-refractivity contribution in [2.24, 2.45) is 5.92 Å². The third kappa shape index (κ3) is 3.50. The van der Waals surface area contributed by atoms with Crippen LogP contribution in [0.1, 0.15) is 20.3 Å². The molecule has 0 saturated carbocycles. The summed E-state index contributed by atoms with van der Waals surface area (Å²) >= 11 is 0. The second-order valence-electron chi connectivity index (χ2n) is 6.82. The Morgan fingerprint density at radius 3 is 2.91 bits per heavy atom. The Labute approximate surface area is 135 Å². The van der Waals surface area contributed by atoms with Crippen molar-refractivity contribution in [3.63, 3.8) is 0 Å². The van der Waals surface area contributed by atoms with Crippen LogP contribution in [-0.4, -0.2) is 77.8 Å². The molecule has 3 heterocycles. The summed E-state index contributed by atoms with van der Waals surface area (Å²) in [5, 5.41) is 31.9. The van der Waals surface area contributed by atoms with Gasteiger partial charge in [0, 0.05) is 13.0 Å². The molecule has 0 aromatic heterocycles. The van der Waals surface area contributed by atoms with Crippen LogP contribution in [0.25, 0.3) is 0 Å². The quantitative estimate of drug-likeness (QED) is 0.322. The lowest BCUT2D eigenvalue weighted by molar-refractivity contribution is -0.130. The van der Waals surface area contributed by atoms with Crippen molar-refractivity contribution in [3.8, 4) is 0 Å². The molecule has 3 aliphatic rings. The van der Waals surface area contributed by atoms with Gasteiger partial charge in [-0.15, -0.1) is 0 Å². The first-order valence-electron chi connectivity index (χ1n) is 8.23. The Morgan fingerprint density at radius 1 is 1.48 bits per heavy atom. The predicted molar refractivity (Wildman–Crippen MR) is 81.7 cm³/mol. The van der Waals surface area contributed by atoms with Gasteiger partial charge in [0.1, 0.15) is 24.7 Å². The Kier molecular flexibility index (Phi) is 5.16. The number of nitrogens with zero attached hydrogens (tertiary/aromatic N) is 1. The van der Waals surface area contributed by atoms with E-state index in [-0.39, 0.29) is 37.2 Å². The van der Waals surface area contributed by atoms with Gasteiger partial charge in [0.2, 0.25) is 5.91 Å². The molecular formula is C14H27N5O4. The first-order chi connectivity index (χ1) is 11.0. The van der Waals surface area contributed by atoms with E-state index in [1.54, 1.807) is 0 Å². The van der Waals surface area contributed by atoms with E-state index in [4.69, 9.17) is 4.74 Å². The van der Waals surface area contributed by atoms with Crippen LogP contribution in [0, 0.1) is 5.92 Å². The van der Waals surface area contributed by atoms with Crippen molar-refractivity contribution >= 4 is 5.91 Å². The molecule has 0 aliphatic carbocycles. The molecule has 3 aliphatic heterocycles. The van der Waals surface area contributed by atoms with Gasteiger partial charge in [-0.25, -0.2) is 4.90 Å². The molecular weight excluding hydrogens is 302 g/mol. The second-order valence-corrected chi connectivity index (χ2v) is 6.82. The van der Waals surface area contributed by atoms with Crippen LogP contribution in [0.3, 0.4) is 0 Å². The number of hydrogen-bond acceptors (Lipinski definition) is 8. The van der Waals surface area contributed by atoms with Gasteiger partial charge in [-0.3, -0.25) is 20.7 Å². The highest BCUT2D eigenvalue weighted by atomic mass is 16.5. The largest absolute Gasteiger partial charge is 0.394 e. The average molecular weight is 329 g/mol. The fraction of sp³-hybridized carbons (Fsp3) is 0.929. The predicted octanol–water partition coefficient (Wildman–Crippen LogP) is -2.74. The summed E-state index contributed by atoms with van der Waals surface area (Å²) in [7, 11) is 0. The summed E-state index contributed by atoms with van der Waals surface area (Å²) in [5.41, 5.74) is 0. The fourth-order valence-corrected chi connectivity index (χ4v) is 3.31. The van der Waals surface area contributed by atoms with Gasteiger partial charge in [0.25, 0.3) is 0 Å². The summed E-state index contributed by atoms with van der Waals surface area (Å²) in [6, 6.07) is -0.360. The lowest BCUT2D eigenvalue weighted by Gasteiger charge is -2.38. The second kappa shape index (κ2) is 6.98. The van der Waals surface area contributed by atoms with Crippen molar-refractivity contribution in [1.29, 1.82) is 0 Å². The molecule has 23 heavy (non-hydrogen) atoms. The van der Waals surface area contributed by atoms with Crippen LogP contribution < -0.4 is 21.3 Å². The van der Waals surface area contributed by atoms with E-state index >= 15 is 0 Å². The van der Waals surface area contributed by atoms with E-state index in [0.29, 0.717) is 19.0 Å². The van der Waals surface area contributed by atoms with Crippen LogP contribution in [0.2, 0.25) is 0 Å². The van der Waals surface area contributed by atoms with Crippen molar-refractivity contribution in [1.82, 2.24) is 26.2 Å². The van der Waals surface area contributed by atoms with E-state index in [1.807, 2.05) is 4.90 Å². The maximum absolute atomic E-state index is 12.3. The Bertz CT molecular complexity index is 437. The average Bonchev–Trinajstić information content (AvgIpc) is 3.08. The number of aliphatic hydroxyl groups is 2. The number of fused-ring (bicyclic) bond motifs is 1. The van der Waals surface area contributed by atoms with Crippen LogP contribution in [0.15, 0.2) is 0 Å². The summed E-state index contributed by atoms with van der Waals surface area (Å²) in [6.45, 7) is 5.27. The van der Waals surface area contributed by atoms with Gasteiger partial charge in [0.05, 0.1) is 25.5 Å². The molecule has 0 bridgehead atoms. The van der Waals surface area contributed by atoms with Crippen molar-refractivity contribution in [2.45, 2.75) is 57.2 Å². The number of ether oxygens (including phenoxy) is 1. The molecule has 9 heteroatoms. The van der Waals surface area contributed by atoms with Gasteiger partial charge in [-0.05, 0) is 5.92 Å². The topological polar surface area (TPSA) is 118 Å². The highest BCUT2D eigenvalue weighted by molar-refractivity contribution is 5.84. The molecule has 1 amide bonds. The van der Waals surface area contributed by atoms with Crippen molar-refractivity contribution in [2.75, 3.05) is 19.8 Å². The van der Waals surface area contributed by atoms with E-state index < -0.39 is 12.2 Å².